The molecule has 0 radical (unpaired) electrons. The van der Waals surface area contributed by atoms with E-state index in [0.29, 0.717) is 11.9 Å². The number of rotatable bonds is 5. The number of fused-ring (bicyclic) bond motifs is 1. The van der Waals surface area contributed by atoms with E-state index >= 15 is 0 Å². The molecule has 134 valence electrons. The summed E-state index contributed by atoms with van der Waals surface area (Å²) >= 11 is 0. The van der Waals surface area contributed by atoms with Crippen molar-refractivity contribution >= 4 is 16.8 Å². The second-order valence-corrected chi connectivity index (χ2v) is 6.14. The fraction of sp³-hybridized carbons (Fsp3) is 0.238. The van der Waals surface area contributed by atoms with E-state index in [1.807, 2.05) is 60.9 Å². The van der Waals surface area contributed by atoms with Gasteiger partial charge < -0.3 is 14.6 Å². The molecule has 3 aromatic rings. The quantitative estimate of drug-likeness (QED) is 0.766. The van der Waals surface area contributed by atoms with Crippen LogP contribution in [0.5, 0.6) is 5.75 Å². The first-order valence-corrected chi connectivity index (χ1v) is 8.62. The molecule has 2 aromatic carbocycles. The van der Waals surface area contributed by atoms with Crippen molar-refractivity contribution < 1.29 is 9.53 Å². The lowest BCUT2D eigenvalue weighted by atomic mass is 10.1. The fourth-order valence-electron chi connectivity index (χ4n) is 3.02. The summed E-state index contributed by atoms with van der Waals surface area (Å²) in [6.07, 6.45) is 1.64. The molecule has 1 N–H and O–H groups in total. The van der Waals surface area contributed by atoms with Gasteiger partial charge in [0.05, 0.1) is 18.7 Å². The van der Waals surface area contributed by atoms with Crippen molar-refractivity contribution in [3.8, 4) is 5.75 Å². The van der Waals surface area contributed by atoms with Crippen molar-refractivity contribution in [3.63, 3.8) is 0 Å². The first kappa shape index (κ1) is 17.7. The molecule has 1 heterocycles. The maximum absolute atomic E-state index is 12.7. The number of hydrogen-bond acceptors (Lipinski definition) is 3. The van der Waals surface area contributed by atoms with Crippen LogP contribution in [-0.2, 0) is 6.54 Å². The summed E-state index contributed by atoms with van der Waals surface area (Å²) in [4.78, 5) is 25.5. The minimum absolute atomic E-state index is 0.158. The monoisotopic (exact) mass is 350 g/mol. The smallest absolute Gasteiger partial charge is 0.257 e. The topological polar surface area (TPSA) is 60.3 Å². The van der Waals surface area contributed by atoms with E-state index in [1.165, 1.54) is 0 Å². The fourth-order valence-corrected chi connectivity index (χ4v) is 3.02. The van der Waals surface area contributed by atoms with Crippen molar-refractivity contribution in [1.82, 2.24) is 9.88 Å². The summed E-state index contributed by atoms with van der Waals surface area (Å²) in [7, 11) is 1.61. The predicted octanol–water partition coefficient (Wildman–Crippen LogP) is 3.52. The number of aromatic nitrogens is 1. The van der Waals surface area contributed by atoms with Crippen molar-refractivity contribution in [2.75, 3.05) is 7.11 Å². The second kappa shape index (κ2) is 7.44. The van der Waals surface area contributed by atoms with Crippen LogP contribution in [0.3, 0.4) is 0 Å². The van der Waals surface area contributed by atoms with Gasteiger partial charge in [0.25, 0.3) is 5.91 Å². The number of nitrogens with zero attached hydrogens (tertiary/aromatic N) is 1. The number of para-hydroxylation sites is 1. The summed E-state index contributed by atoms with van der Waals surface area (Å²) in [5, 5.41) is 3.47. The highest BCUT2D eigenvalue weighted by Gasteiger charge is 2.17. The summed E-state index contributed by atoms with van der Waals surface area (Å²) in [5.74, 6) is 0.388. The number of nitrogens with one attached hydrogen (secondary N) is 1. The molecule has 5 nitrogen and oxygen atoms in total. The number of benzene rings is 2. The first-order chi connectivity index (χ1) is 12.5. The van der Waals surface area contributed by atoms with Crippen molar-refractivity contribution in [3.05, 3.63) is 76.1 Å². The van der Waals surface area contributed by atoms with Crippen LogP contribution in [0.1, 0.15) is 35.8 Å². The van der Waals surface area contributed by atoms with Crippen LogP contribution < -0.4 is 15.5 Å². The molecule has 1 unspecified atom stereocenters. The molecule has 1 atom stereocenters. The van der Waals surface area contributed by atoms with Crippen LogP contribution in [0, 0.1) is 0 Å². The number of aryl methyl sites for hydroxylation is 1. The number of pyridine rings is 1. The third-order valence-corrected chi connectivity index (χ3v) is 4.54. The Morgan fingerprint density at radius 3 is 2.50 bits per heavy atom. The maximum atomic E-state index is 12.7. The number of carbonyl (C=O) groups is 1. The number of carbonyl (C=O) groups excluding carboxylic acids is 1. The molecule has 26 heavy (non-hydrogen) atoms. The van der Waals surface area contributed by atoms with Gasteiger partial charge in [0.15, 0.2) is 0 Å². The minimum atomic E-state index is -0.369. The van der Waals surface area contributed by atoms with Crippen molar-refractivity contribution in [1.29, 1.82) is 0 Å². The van der Waals surface area contributed by atoms with Crippen LogP contribution in [0.2, 0.25) is 0 Å². The van der Waals surface area contributed by atoms with Gasteiger partial charge in [-0.25, -0.2) is 0 Å². The van der Waals surface area contributed by atoms with Gasteiger partial charge in [0.2, 0.25) is 5.43 Å². The molecule has 0 spiro atoms. The molecule has 0 fully saturated rings. The average Bonchev–Trinajstić information content (AvgIpc) is 2.68. The Morgan fingerprint density at radius 2 is 1.85 bits per heavy atom. The van der Waals surface area contributed by atoms with E-state index in [4.69, 9.17) is 4.74 Å². The zero-order valence-electron chi connectivity index (χ0n) is 15.2. The second-order valence-electron chi connectivity index (χ2n) is 6.14. The lowest BCUT2D eigenvalue weighted by molar-refractivity contribution is 0.0938. The van der Waals surface area contributed by atoms with Gasteiger partial charge in [0, 0.05) is 18.1 Å². The Balaban J connectivity index is 1.92. The zero-order chi connectivity index (χ0) is 18.7. The van der Waals surface area contributed by atoms with Gasteiger partial charge in [0.1, 0.15) is 11.3 Å². The zero-order valence-corrected chi connectivity index (χ0v) is 15.2. The van der Waals surface area contributed by atoms with E-state index in [9.17, 15) is 9.59 Å². The van der Waals surface area contributed by atoms with Gasteiger partial charge in [-0.3, -0.25) is 9.59 Å². The highest BCUT2D eigenvalue weighted by atomic mass is 16.5. The minimum Gasteiger partial charge on any atom is -0.497 e. The Kier molecular flexibility index (Phi) is 5.07. The molecular weight excluding hydrogens is 328 g/mol. The van der Waals surface area contributed by atoms with E-state index in [2.05, 4.69) is 5.32 Å². The molecule has 0 aliphatic rings. The third-order valence-electron chi connectivity index (χ3n) is 4.54. The van der Waals surface area contributed by atoms with E-state index in [0.717, 1.165) is 16.8 Å². The molecule has 3 rings (SSSR count). The standard InChI is InChI=1S/C21H22N2O3/c1-4-23-13-18(20(24)17-7-5-6-8-19(17)23)21(25)22-14(2)15-9-11-16(26-3)12-10-15/h5-14H,4H2,1-3H3,(H,22,25). The van der Waals surface area contributed by atoms with E-state index < -0.39 is 0 Å². The van der Waals surface area contributed by atoms with Crippen LogP contribution in [-0.4, -0.2) is 17.6 Å². The van der Waals surface area contributed by atoms with Crippen LogP contribution in [0.25, 0.3) is 10.9 Å². The third kappa shape index (κ3) is 3.33. The lowest BCUT2D eigenvalue weighted by Crippen LogP contribution is -2.31. The SMILES string of the molecule is CCn1cc(C(=O)NC(C)c2ccc(OC)cc2)c(=O)c2ccccc21. The van der Waals surface area contributed by atoms with Crippen molar-refractivity contribution in [2.45, 2.75) is 26.4 Å². The summed E-state index contributed by atoms with van der Waals surface area (Å²) < 4.78 is 7.07. The number of hydrogen-bond donors (Lipinski definition) is 1. The molecule has 0 saturated carbocycles. The van der Waals surface area contributed by atoms with E-state index in [-0.39, 0.29) is 22.9 Å². The van der Waals surface area contributed by atoms with E-state index in [1.54, 1.807) is 19.4 Å². The molecule has 0 bridgehead atoms. The van der Waals surface area contributed by atoms with Crippen LogP contribution in [0.15, 0.2) is 59.5 Å². The molecular formula is C21H22N2O3. The summed E-state index contributed by atoms with van der Waals surface area (Å²) in [5.41, 5.74) is 1.69. The Hall–Kier alpha value is -3.08. The first-order valence-electron chi connectivity index (χ1n) is 8.62. The molecule has 1 amide bonds. The highest BCUT2D eigenvalue weighted by molar-refractivity contribution is 5.97. The molecule has 1 aromatic heterocycles. The number of ether oxygens (including phenoxy) is 1. The normalized spacial score (nSPS) is 12.0. The van der Waals surface area contributed by atoms with Gasteiger partial charge in [-0.1, -0.05) is 24.3 Å². The Labute approximate surface area is 152 Å². The number of amides is 1. The lowest BCUT2D eigenvalue weighted by Gasteiger charge is -2.16. The molecule has 5 heteroatoms. The Morgan fingerprint density at radius 1 is 1.15 bits per heavy atom. The maximum Gasteiger partial charge on any atom is 0.257 e. The van der Waals surface area contributed by atoms with Gasteiger partial charge in [-0.2, -0.15) is 0 Å². The summed E-state index contributed by atoms with van der Waals surface area (Å²) in [6.45, 7) is 4.55. The Bertz CT molecular complexity index is 990. The van der Waals surface area contributed by atoms with Crippen LogP contribution in [0.4, 0.5) is 0 Å². The average molecular weight is 350 g/mol. The molecule has 0 aliphatic carbocycles. The number of methoxy groups -OCH3 is 1. The van der Waals surface area contributed by atoms with Crippen molar-refractivity contribution in [2.24, 2.45) is 0 Å². The predicted molar refractivity (Wildman–Crippen MR) is 103 cm³/mol. The molecule has 0 aliphatic heterocycles. The van der Waals surface area contributed by atoms with Gasteiger partial charge in [-0.15, -0.1) is 0 Å². The molecule has 0 saturated heterocycles. The summed E-state index contributed by atoms with van der Waals surface area (Å²) in [6, 6.07) is 14.6. The van der Waals surface area contributed by atoms with Gasteiger partial charge in [-0.05, 0) is 43.7 Å². The van der Waals surface area contributed by atoms with Gasteiger partial charge >= 0.3 is 0 Å². The van der Waals surface area contributed by atoms with Crippen LogP contribution >= 0.6 is 0 Å². The largest absolute Gasteiger partial charge is 0.497 e. The highest BCUT2D eigenvalue weighted by Crippen LogP contribution is 2.18.